The third-order valence-electron chi connectivity index (χ3n) is 11.5. The number of allylic oxidation sites excluding steroid dienone is 2. The first-order valence-corrected chi connectivity index (χ1v) is 19.7. The highest BCUT2D eigenvalue weighted by Gasteiger charge is 2.39. The van der Waals surface area contributed by atoms with E-state index in [2.05, 4.69) is 191 Å². The predicted octanol–water partition coefficient (Wildman–Crippen LogP) is 13.2. The van der Waals surface area contributed by atoms with Crippen LogP contribution in [-0.2, 0) is 0 Å². The van der Waals surface area contributed by atoms with Crippen LogP contribution < -0.4 is 4.90 Å². The average Bonchev–Trinajstić information content (AvgIpc) is 3.91. The van der Waals surface area contributed by atoms with Gasteiger partial charge in [0, 0.05) is 64.8 Å². The number of benzene rings is 7. The Hall–Kier alpha value is -6.82. The van der Waals surface area contributed by atoms with E-state index in [0.29, 0.717) is 0 Å². The minimum Gasteiger partial charge on any atom is -0.309 e. The van der Waals surface area contributed by atoms with Gasteiger partial charge in [-0.25, -0.2) is 9.97 Å². The van der Waals surface area contributed by atoms with Crippen molar-refractivity contribution in [3.63, 3.8) is 0 Å². The number of aromatic nitrogens is 3. The van der Waals surface area contributed by atoms with E-state index in [-0.39, 0.29) is 12.0 Å². The molecule has 2 aliphatic rings. The third-order valence-corrected chi connectivity index (χ3v) is 12.7. The second-order valence-electron chi connectivity index (χ2n) is 14.5. The van der Waals surface area contributed by atoms with E-state index >= 15 is 0 Å². The van der Waals surface area contributed by atoms with Crippen LogP contribution >= 0.6 is 11.3 Å². The number of anilines is 2. The summed E-state index contributed by atoms with van der Waals surface area (Å²) in [6, 6.07) is 57.0. The molecular formula is C50H32N4S. The van der Waals surface area contributed by atoms with Crippen LogP contribution in [0.25, 0.3) is 81.0 Å². The van der Waals surface area contributed by atoms with Crippen molar-refractivity contribution >= 4 is 75.9 Å². The van der Waals surface area contributed by atoms with Crippen molar-refractivity contribution in [3.05, 3.63) is 188 Å². The molecule has 4 heterocycles. The molecule has 258 valence electrons. The number of rotatable bonds is 4. The topological polar surface area (TPSA) is 34.0 Å². The summed E-state index contributed by atoms with van der Waals surface area (Å²) in [7, 11) is 0. The van der Waals surface area contributed by atoms with Crippen LogP contribution in [0.1, 0.15) is 11.5 Å². The summed E-state index contributed by atoms with van der Waals surface area (Å²) in [6.07, 6.45) is 9.00. The number of para-hydroxylation sites is 3. The molecule has 1 aliphatic carbocycles. The van der Waals surface area contributed by atoms with Gasteiger partial charge in [-0.3, -0.25) is 0 Å². The lowest BCUT2D eigenvalue weighted by molar-refractivity contribution is 0.731. The molecule has 0 N–H and O–H groups in total. The summed E-state index contributed by atoms with van der Waals surface area (Å²) in [5.74, 6) is 0.887. The summed E-state index contributed by atoms with van der Waals surface area (Å²) in [5, 5.41) is 6.19. The van der Waals surface area contributed by atoms with Gasteiger partial charge in [-0.1, -0.05) is 133 Å². The predicted molar refractivity (Wildman–Crippen MR) is 231 cm³/mol. The van der Waals surface area contributed by atoms with Gasteiger partial charge in [-0.05, 0) is 59.7 Å². The Morgan fingerprint density at radius 3 is 2.16 bits per heavy atom. The van der Waals surface area contributed by atoms with Crippen LogP contribution in [0.15, 0.2) is 182 Å². The molecule has 12 rings (SSSR count). The largest absolute Gasteiger partial charge is 0.309 e. The van der Waals surface area contributed by atoms with Gasteiger partial charge in [0.1, 0.15) is 0 Å². The Labute approximate surface area is 321 Å². The van der Waals surface area contributed by atoms with E-state index in [0.717, 1.165) is 33.8 Å². The first-order chi connectivity index (χ1) is 27.3. The second kappa shape index (κ2) is 11.8. The van der Waals surface area contributed by atoms with Gasteiger partial charge in [0.2, 0.25) is 5.95 Å². The summed E-state index contributed by atoms with van der Waals surface area (Å²) < 4.78 is 5.07. The zero-order valence-corrected chi connectivity index (χ0v) is 30.5. The molecule has 0 bridgehead atoms. The molecule has 0 radical (unpaired) electrons. The van der Waals surface area contributed by atoms with Gasteiger partial charge in [-0.15, -0.1) is 11.3 Å². The summed E-state index contributed by atoms with van der Waals surface area (Å²) in [6.45, 7) is 0. The molecule has 1 aliphatic heterocycles. The van der Waals surface area contributed by atoms with E-state index in [1.165, 1.54) is 64.4 Å². The first kappa shape index (κ1) is 30.6. The van der Waals surface area contributed by atoms with Crippen LogP contribution in [0.2, 0.25) is 0 Å². The quantitative estimate of drug-likeness (QED) is 0.182. The zero-order chi connectivity index (χ0) is 36.0. The number of hydrogen-bond acceptors (Lipinski definition) is 4. The molecule has 0 spiro atoms. The van der Waals surface area contributed by atoms with Crippen molar-refractivity contribution < 1.29 is 0 Å². The Balaban J connectivity index is 1.10. The minimum absolute atomic E-state index is 0.0655. The minimum atomic E-state index is 0.0655. The van der Waals surface area contributed by atoms with Crippen LogP contribution in [0.4, 0.5) is 11.6 Å². The van der Waals surface area contributed by atoms with Gasteiger partial charge in [0.25, 0.3) is 0 Å². The molecule has 2 atom stereocenters. The standard InChI is InChI=1S/C50H32N4S/c1-3-15-31(16-4-1)47-36-21-7-11-23-41(36)51-50(52-47)54-43-25-13-8-19-34(43)39-29-32(27-28-44(39)54)38-30-40-35-20-9-12-24-42(35)53(33-17-5-2-6-18-33)48(40)46-37-22-10-14-26-45(37)55-49(38)46/h1-30,34,43H. The van der Waals surface area contributed by atoms with Gasteiger partial charge in [0.15, 0.2) is 0 Å². The molecule has 0 saturated heterocycles. The van der Waals surface area contributed by atoms with Crippen molar-refractivity contribution in [1.29, 1.82) is 0 Å². The van der Waals surface area contributed by atoms with Crippen molar-refractivity contribution in [2.75, 3.05) is 4.90 Å². The van der Waals surface area contributed by atoms with Gasteiger partial charge in [0.05, 0.1) is 28.3 Å². The van der Waals surface area contributed by atoms with E-state index in [1.807, 2.05) is 11.3 Å². The van der Waals surface area contributed by atoms with Gasteiger partial charge < -0.3 is 9.47 Å². The Morgan fingerprint density at radius 1 is 0.564 bits per heavy atom. The number of thiophene rings is 1. The fourth-order valence-corrected chi connectivity index (χ4v) is 10.4. The van der Waals surface area contributed by atoms with Crippen molar-refractivity contribution in [2.45, 2.75) is 12.0 Å². The van der Waals surface area contributed by atoms with Crippen LogP contribution in [0, 0.1) is 0 Å². The van der Waals surface area contributed by atoms with Crippen molar-refractivity contribution in [2.24, 2.45) is 0 Å². The normalized spacial score (nSPS) is 16.2. The van der Waals surface area contributed by atoms with Crippen LogP contribution in [0.3, 0.4) is 0 Å². The van der Waals surface area contributed by atoms with Gasteiger partial charge >= 0.3 is 0 Å². The highest BCUT2D eigenvalue weighted by molar-refractivity contribution is 7.26. The highest BCUT2D eigenvalue weighted by Crippen LogP contribution is 2.51. The molecule has 0 saturated carbocycles. The molecule has 0 fully saturated rings. The Kier molecular flexibility index (Phi) is 6.59. The summed E-state index contributed by atoms with van der Waals surface area (Å²) in [5.41, 5.74) is 11.6. The van der Waals surface area contributed by atoms with Crippen LogP contribution in [-0.4, -0.2) is 20.6 Å². The van der Waals surface area contributed by atoms with Crippen LogP contribution in [0.5, 0.6) is 0 Å². The third kappa shape index (κ3) is 4.51. The fraction of sp³-hybridized carbons (Fsp3) is 0.0400. The lowest BCUT2D eigenvalue weighted by Gasteiger charge is -2.27. The first-order valence-electron chi connectivity index (χ1n) is 18.8. The summed E-state index contributed by atoms with van der Waals surface area (Å²) >= 11 is 1.90. The maximum atomic E-state index is 5.34. The Morgan fingerprint density at radius 2 is 1.29 bits per heavy atom. The maximum Gasteiger partial charge on any atom is 0.231 e. The SMILES string of the molecule is C1=CC2c3cc(-c4cc5c6ccccc6n(-c6ccccc6)c5c5c4sc4ccccc45)ccc3N(c3nc(-c4ccccc4)c4ccccc4n3)C2C=C1. The molecule has 0 amide bonds. The number of nitrogens with zero attached hydrogens (tertiary/aromatic N) is 4. The highest BCUT2D eigenvalue weighted by atomic mass is 32.1. The zero-order valence-electron chi connectivity index (χ0n) is 29.7. The maximum absolute atomic E-state index is 5.34. The van der Waals surface area contributed by atoms with Crippen molar-refractivity contribution in [1.82, 2.24) is 14.5 Å². The molecule has 55 heavy (non-hydrogen) atoms. The van der Waals surface area contributed by atoms with Crippen molar-refractivity contribution in [3.8, 4) is 28.1 Å². The van der Waals surface area contributed by atoms with E-state index in [9.17, 15) is 0 Å². The second-order valence-corrected chi connectivity index (χ2v) is 15.5. The molecule has 7 aromatic carbocycles. The summed E-state index contributed by atoms with van der Waals surface area (Å²) in [4.78, 5) is 12.9. The molecule has 3 aromatic heterocycles. The lowest BCUT2D eigenvalue weighted by atomic mass is 9.89. The number of fused-ring (bicyclic) bond motifs is 11. The smallest absolute Gasteiger partial charge is 0.231 e. The Bertz CT molecular complexity index is 3230. The van der Waals surface area contributed by atoms with E-state index in [4.69, 9.17) is 9.97 Å². The molecule has 5 heteroatoms. The lowest BCUT2D eigenvalue weighted by Crippen LogP contribution is -2.30. The van der Waals surface area contributed by atoms with E-state index < -0.39 is 0 Å². The molecule has 2 unspecified atom stereocenters. The van der Waals surface area contributed by atoms with Gasteiger partial charge in [-0.2, -0.15) is 0 Å². The molecular weight excluding hydrogens is 689 g/mol. The number of hydrogen-bond donors (Lipinski definition) is 0. The fourth-order valence-electron chi connectivity index (χ4n) is 9.13. The molecule has 4 nitrogen and oxygen atoms in total. The molecule has 10 aromatic rings. The average molecular weight is 721 g/mol. The monoisotopic (exact) mass is 720 g/mol. The van der Waals surface area contributed by atoms with E-state index in [1.54, 1.807) is 0 Å².